The van der Waals surface area contributed by atoms with Gasteiger partial charge in [-0.3, -0.25) is 0 Å². The molecule has 0 aromatic heterocycles. The van der Waals surface area contributed by atoms with Gasteiger partial charge in [-0.1, -0.05) is 18.2 Å². The number of methoxy groups -OCH3 is 1. The zero-order valence-corrected chi connectivity index (χ0v) is 10.9. The van der Waals surface area contributed by atoms with E-state index in [1.807, 2.05) is 31.2 Å². The number of ether oxygens (including phenoxy) is 2. The Bertz CT molecular complexity index is 369. The van der Waals surface area contributed by atoms with E-state index in [1.165, 1.54) is 0 Å². The molecule has 5 nitrogen and oxygen atoms in total. The van der Waals surface area contributed by atoms with Crippen molar-refractivity contribution in [2.75, 3.05) is 32.2 Å². The number of amides is 2. The molecule has 100 valence electrons. The fourth-order valence-electron chi connectivity index (χ4n) is 1.47. The van der Waals surface area contributed by atoms with Crippen molar-refractivity contribution in [3.05, 3.63) is 29.8 Å². The molecule has 0 aliphatic rings. The lowest BCUT2D eigenvalue weighted by Crippen LogP contribution is -2.31. The van der Waals surface area contributed by atoms with Crippen molar-refractivity contribution < 1.29 is 14.3 Å². The molecule has 2 N–H and O–H groups in total. The minimum atomic E-state index is -0.238. The summed E-state index contributed by atoms with van der Waals surface area (Å²) in [6, 6.07) is 7.30. The molecular weight excluding hydrogens is 232 g/mol. The summed E-state index contributed by atoms with van der Waals surface area (Å²) < 4.78 is 10.2. The summed E-state index contributed by atoms with van der Waals surface area (Å²) in [6.07, 6.45) is 0. The Morgan fingerprint density at radius 2 is 2.11 bits per heavy atom. The molecule has 0 spiro atoms. The smallest absolute Gasteiger partial charge is 0.319 e. The number of urea groups is 1. The molecule has 0 radical (unpaired) electrons. The average molecular weight is 252 g/mol. The maximum absolute atomic E-state index is 11.6. The fraction of sp³-hybridized carbons (Fsp3) is 0.462. The summed E-state index contributed by atoms with van der Waals surface area (Å²) in [6.45, 7) is 4.05. The van der Waals surface area contributed by atoms with E-state index in [1.54, 1.807) is 7.11 Å². The lowest BCUT2D eigenvalue weighted by Gasteiger charge is -2.11. The van der Waals surface area contributed by atoms with Crippen LogP contribution in [0.25, 0.3) is 0 Å². The highest BCUT2D eigenvalue weighted by Gasteiger charge is 2.05. The van der Waals surface area contributed by atoms with Crippen LogP contribution in [0.5, 0.6) is 0 Å². The third-order valence-corrected chi connectivity index (χ3v) is 2.30. The first-order chi connectivity index (χ1) is 8.77. The summed E-state index contributed by atoms with van der Waals surface area (Å²) in [5.41, 5.74) is 1.70. The number of carbonyl (C=O) groups excluding carboxylic acids is 1. The molecule has 0 bridgehead atoms. The fourth-order valence-corrected chi connectivity index (χ4v) is 1.47. The van der Waals surface area contributed by atoms with Crippen LogP contribution in [-0.4, -0.2) is 32.9 Å². The van der Waals surface area contributed by atoms with Crippen molar-refractivity contribution in [2.24, 2.45) is 0 Å². The molecule has 2 amide bonds. The summed E-state index contributed by atoms with van der Waals surface area (Å²) in [7, 11) is 1.62. The normalized spacial score (nSPS) is 10.1. The van der Waals surface area contributed by atoms with Crippen LogP contribution in [0.3, 0.4) is 0 Å². The molecule has 18 heavy (non-hydrogen) atoms. The Labute approximate surface area is 107 Å². The quantitative estimate of drug-likeness (QED) is 0.730. The minimum absolute atomic E-state index is 0.238. The van der Waals surface area contributed by atoms with Crippen LogP contribution < -0.4 is 10.6 Å². The van der Waals surface area contributed by atoms with Crippen molar-refractivity contribution in [3.63, 3.8) is 0 Å². The number of hydrogen-bond donors (Lipinski definition) is 2. The number of rotatable bonds is 7. The van der Waals surface area contributed by atoms with Gasteiger partial charge in [0, 0.05) is 31.5 Å². The van der Waals surface area contributed by atoms with Gasteiger partial charge in [0.1, 0.15) is 0 Å². The van der Waals surface area contributed by atoms with Crippen molar-refractivity contribution in [1.82, 2.24) is 5.32 Å². The van der Waals surface area contributed by atoms with Crippen LogP contribution in [0.2, 0.25) is 0 Å². The van der Waals surface area contributed by atoms with E-state index in [4.69, 9.17) is 9.47 Å². The zero-order valence-electron chi connectivity index (χ0n) is 10.9. The molecule has 0 saturated heterocycles. The van der Waals surface area contributed by atoms with Gasteiger partial charge in [-0.05, 0) is 13.0 Å². The first kappa shape index (κ1) is 14.5. The monoisotopic (exact) mass is 252 g/mol. The molecule has 0 atom stereocenters. The van der Waals surface area contributed by atoms with E-state index in [0.717, 1.165) is 11.3 Å². The lowest BCUT2D eigenvalue weighted by molar-refractivity contribution is 0.150. The summed E-state index contributed by atoms with van der Waals surface area (Å²) >= 11 is 0. The second kappa shape index (κ2) is 8.49. The lowest BCUT2D eigenvalue weighted by atomic mass is 10.2. The third-order valence-electron chi connectivity index (χ3n) is 2.30. The summed E-state index contributed by atoms with van der Waals surface area (Å²) in [5.74, 6) is 0. The number of para-hydroxylation sites is 1. The van der Waals surface area contributed by atoms with Gasteiger partial charge in [0.25, 0.3) is 0 Å². The molecule has 0 aliphatic heterocycles. The van der Waals surface area contributed by atoms with E-state index >= 15 is 0 Å². The molecule has 0 aliphatic carbocycles. The topological polar surface area (TPSA) is 59.6 Å². The molecular formula is C13H20N2O3. The molecule has 1 rings (SSSR count). The Morgan fingerprint density at radius 3 is 2.83 bits per heavy atom. The van der Waals surface area contributed by atoms with E-state index in [9.17, 15) is 4.79 Å². The first-order valence-electron chi connectivity index (χ1n) is 5.97. The van der Waals surface area contributed by atoms with Crippen molar-refractivity contribution in [3.8, 4) is 0 Å². The van der Waals surface area contributed by atoms with E-state index < -0.39 is 0 Å². The molecule has 0 saturated carbocycles. The highest BCUT2D eigenvalue weighted by atomic mass is 16.5. The molecule has 0 fully saturated rings. The number of carbonyl (C=O) groups is 1. The first-order valence-corrected chi connectivity index (χ1v) is 5.97. The van der Waals surface area contributed by atoms with Crippen molar-refractivity contribution in [2.45, 2.75) is 13.5 Å². The van der Waals surface area contributed by atoms with Gasteiger partial charge < -0.3 is 20.1 Å². The average Bonchev–Trinajstić information content (AvgIpc) is 2.37. The predicted octanol–water partition coefficient (Wildman–Crippen LogP) is 1.99. The van der Waals surface area contributed by atoms with Crippen LogP contribution in [0, 0.1) is 0 Å². The summed E-state index contributed by atoms with van der Waals surface area (Å²) in [5, 5.41) is 5.51. The standard InChI is InChI=1S/C13H20N2O3/c1-3-18-9-8-14-13(16)15-12-7-5-4-6-11(12)10-17-2/h4-7H,3,8-10H2,1-2H3,(H2,14,15,16). The Balaban J connectivity index is 2.43. The molecule has 1 aromatic rings. The second-order valence-corrected chi connectivity index (χ2v) is 3.67. The highest BCUT2D eigenvalue weighted by Crippen LogP contribution is 2.15. The maximum Gasteiger partial charge on any atom is 0.319 e. The van der Waals surface area contributed by atoms with Gasteiger partial charge in [0.05, 0.1) is 13.2 Å². The van der Waals surface area contributed by atoms with E-state index in [-0.39, 0.29) is 6.03 Å². The SMILES string of the molecule is CCOCCNC(=O)Nc1ccccc1COC. The van der Waals surface area contributed by atoms with Crippen LogP contribution >= 0.6 is 0 Å². The van der Waals surface area contributed by atoms with Gasteiger partial charge >= 0.3 is 6.03 Å². The summed E-state index contributed by atoms with van der Waals surface area (Å²) in [4.78, 5) is 11.6. The van der Waals surface area contributed by atoms with Gasteiger partial charge in [-0.2, -0.15) is 0 Å². The molecule has 5 heteroatoms. The third kappa shape index (κ3) is 5.16. The predicted molar refractivity (Wildman–Crippen MR) is 70.7 cm³/mol. The van der Waals surface area contributed by atoms with Crippen molar-refractivity contribution in [1.29, 1.82) is 0 Å². The van der Waals surface area contributed by atoms with Gasteiger partial charge in [-0.25, -0.2) is 4.79 Å². The van der Waals surface area contributed by atoms with E-state index in [0.29, 0.717) is 26.4 Å². The number of nitrogens with one attached hydrogen (secondary N) is 2. The van der Waals surface area contributed by atoms with Crippen LogP contribution in [-0.2, 0) is 16.1 Å². The zero-order chi connectivity index (χ0) is 13.2. The Hall–Kier alpha value is -1.59. The minimum Gasteiger partial charge on any atom is -0.380 e. The number of anilines is 1. The molecule has 0 unspecified atom stereocenters. The van der Waals surface area contributed by atoms with Crippen LogP contribution in [0.4, 0.5) is 10.5 Å². The van der Waals surface area contributed by atoms with Gasteiger partial charge in [0.2, 0.25) is 0 Å². The number of benzene rings is 1. The number of hydrogen-bond acceptors (Lipinski definition) is 3. The Morgan fingerprint density at radius 1 is 1.33 bits per heavy atom. The maximum atomic E-state index is 11.6. The van der Waals surface area contributed by atoms with Crippen LogP contribution in [0.15, 0.2) is 24.3 Å². The van der Waals surface area contributed by atoms with Gasteiger partial charge in [-0.15, -0.1) is 0 Å². The van der Waals surface area contributed by atoms with Gasteiger partial charge in [0.15, 0.2) is 0 Å². The van der Waals surface area contributed by atoms with Crippen LogP contribution in [0.1, 0.15) is 12.5 Å². The van der Waals surface area contributed by atoms with Crippen molar-refractivity contribution >= 4 is 11.7 Å². The molecule has 1 aromatic carbocycles. The largest absolute Gasteiger partial charge is 0.380 e. The highest BCUT2D eigenvalue weighted by molar-refractivity contribution is 5.90. The Kier molecular flexibility index (Phi) is 6.83. The second-order valence-electron chi connectivity index (χ2n) is 3.67. The molecule has 0 heterocycles. The van der Waals surface area contributed by atoms with E-state index in [2.05, 4.69) is 10.6 Å².